The minimum atomic E-state index is 0.0738. The van der Waals surface area contributed by atoms with Gasteiger partial charge in [0, 0.05) is 22.8 Å². The monoisotopic (exact) mass is 406 g/mol. The Morgan fingerprint density at radius 3 is 2.31 bits per heavy atom. The van der Waals surface area contributed by atoms with E-state index in [9.17, 15) is 4.79 Å². The summed E-state index contributed by atoms with van der Waals surface area (Å²) < 4.78 is 0. The summed E-state index contributed by atoms with van der Waals surface area (Å²) >= 11 is 6.27. The van der Waals surface area contributed by atoms with Gasteiger partial charge >= 0.3 is 0 Å². The molecule has 5 nitrogen and oxygen atoms in total. The summed E-state index contributed by atoms with van der Waals surface area (Å²) in [6, 6.07) is 11.8. The average Bonchev–Trinajstić information content (AvgIpc) is 2.67. The molecular weight excluding hydrogens is 384 g/mol. The van der Waals surface area contributed by atoms with Crippen LogP contribution in [0.5, 0.6) is 0 Å². The van der Waals surface area contributed by atoms with Crippen molar-refractivity contribution in [3.05, 3.63) is 69.4 Å². The van der Waals surface area contributed by atoms with E-state index in [1.54, 1.807) is 0 Å². The highest BCUT2D eigenvalue weighted by molar-refractivity contribution is 6.31. The highest BCUT2D eigenvalue weighted by atomic mass is 35.5. The number of anilines is 4. The Morgan fingerprint density at radius 2 is 1.59 bits per heavy atom. The molecule has 1 aliphatic carbocycles. The number of nitrogens with zero attached hydrogens (tertiary/aromatic N) is 2. The first-order chi connectivity index (χ1) is 13.9. The van der Waals surface area contributed by atoms with E-state index in [0.717, 1.165) is 35.5 Å². The molecule has 6 heteroatoms. The van der Waals surface area contributed by atoms with Gasteiger partial charge in [-0.1, -0.05) is 23.7 Å². The second kappa shape index (κ2) is 7.84. The van der Waals surface area contributed by atoms with Crippen LogP contribution in [0, 0.1) is 20.8 Å². The van der Waals surface area contributed by atoms with E-state index in [0.29, 0.717) is 28.8 Å². The number of aromatic nitrogens is 2. The van der Waals surface area contributed by atoms with Crippen molar-refractivity contribution in [1.82, 2.24) is 9.97 Å². The van der Waals surface area contributed by atoms with Crippen molar-refractivity contribution >= 4 is 40.5 Å². The smallest absolute Gasteiger partial charge is 0.229 e. The summed E-state index contributed by atoms with van der Waals surface area (Å²) in [5.74, 6) is 1.07. The summed E-state index contributed by atoms with van der Waals surface area (Å²) in [6.45, 7) is 6.10. The summed E-state index contributed by atoms with van der Waals surface area (Å²) in [5, 5.41) is 7.23. The fourth-order valence-electron chi connectivity index (χ4n) is 3.42. The van der Waals surface area contributed by atoms with Crippen LogP contribution in [0.4, 0.5) is 23.1 Å². The third kappa shape index (κ3) is 4.10. The number of hydrogen-bond acceptors (Lipinski definition) is 5. The van der Waals surface area contributed by atoms with Crippen LogP contribution in [0.15, 0.2) is 36.4 Å². The molecule has 1 heterocycles. The molecule has 0 aliphatic heterocycles. The van der Waals surface area contributed by atoms with E-state index in [1.807, 2.05) is 31.2 Å². The van der Waals surface area contributed by atoms with Crippen molar-refractivity contribution in [2.24, 2.45) is 0 Å². The number of Topliss-reactive ketones (excluding diaryl/α,β-unsaturated/α-hetero) is 1. The molecule has 0 amide bonds. The number of benzene rings is 2. The molecule has 0 fully saturated rings. The van der Waals surface area contributed by atoms with Gasteiger partial charge in [-0.3, -0.25) is 4.79 Å². The average molecular weight is 407 g/mol. The van der Waals surface area contributed by atoms with Gasteiger partial charge in [0.2, 0.25) is 5.95 Å². The van der Waals surface area contributed by atoms with Crippen molar-refractivity contribution in [3.63, 3.8) is 0 Å². The quantitative estimate of drug-likeness (QED) is 0.551. The Balaban J connectivity index is 1.73. The minimum absolute atomic E-state index is 0.0738. The maximum Gasteiger partial charge on any atom is 0.229 e. The van der Waals surface area contributed by atoms with Crippen LogP contribution < -0.4 is 10.6 Å². The lowest BCUT2D eigenvalue weighted by atomic mass is 9.95. The fraction of sp³-hybridized carbons (Fsp3) is 0.261. The molecule has 29 heavy (non-hydrogen) atoms. The van der Waals surface area contributed by atoms with E-state index in [1.165, 1.54) is 11.1 Å². The van der Waals surface area contributed by atoms with Crippen molar-refractivity contribution in [2.75, 3.05) is 10.6 Å². The Morgan fingerprint density at radius 1 is 0.862 bits per heavy atom. The first-order valence-corrected chi connectivity index (χ1v) is 10.1. The number of nitrogens with one attached hydrogen (secondary N) is 2. The molecule has 0 spiro atoms. The van der Waals surface area contributed by atoms with E-state index >= 15 is 0 Å². The SMILES string of the molecule is Cc1ccc(Nc2nc3c(c(Nc4ccc(C)c(Cl)c4)n2)C(=O)CCC3)cc1C. The van der Waals surface area contributed by atoms with Crippen LogP contribution in [0.25, 0.3) is 0 Å². The number of halogens is 1. The number of fused-ring (bicyclic) bond motifs is 1. The highest BCUT2D eigenvalue weighted by Crippen LogP contribution is 2.31. The predicted molar refractivity (Wildman–Crippen MR) is 118 cm³/mol. The molecule has 3 aromatic rings. The standard InChI is InChI=1S/C23H23ClN4O/c1-13-7-9-16(11-15(13)3)26-23-27-19-5-4-6-20(29)21(19)22(28-23)25-17-10-8-14(2)18(24)12-17/h7-12H,4-6H2,1-3H3,(H2,25,26,27,28). The van der Waals surface area contributed by atoms with Gasteiger partial charge in [-0.05, 0) is 74.6 Å². The summed E-state index contributed by atoms with van der Waals surface area (Å²) in [5.41, 5.74) is 6.48. The van der Waals surface area contributed by atoms with Gasteiger partial charge < -0.3 is 10.6 Å². The highest BCUT2D eigenvalue weighted by Gasteiger charge is 2.25. The first-order valence-electron chi connectivity index (χ1n) is 9.72. The summed E-state index contributed by atoms with van der Waals surface area (Å²) in [4.78, 5) is 21.9. The third-order valence-electron chi connectivity index (χ3n) is 5.28. The van der Waals surface area contributed by atoms with Crippen molar-refractivity contribution in [1.29, 1.82) is 0 Å². The fourth-order valence-corrected chi connectivity index (χ4v) is 3.61. The minimum Gasteiger partial charge on any atom is -0.339 e. The van der Waals surface area contributed by atoms with E-state index < -0.39 is 0 Å². The van der Waals surface area contributed by atoms with Gasteiger partial charge in [0.05, 0.1) is 11.3 Å². The molecule has 0 radical (unpaired) electrons. The zero-order valence-corrected chi connectivity index (χ0v) is 17.5. The van der Waals surface area contributed by atoms with Crippen LogP contribution >= 0.6 is 11.6 Å². The molecule has 0 saturated carbocycles. The molecule has 0 saturated heterocycles. The van der Waals surface area contributed by atoms with Gasteiger partial charge in [0.15, 0.2) is 5.78 Å². The molecule has 0 unspecified atom stereocenters. The third-order valence-corrected chi connectivity index (χ3v) is 5.69. The second-order valence-electron chi connectivity index (χ2n) is 7.51. The lowest BCUT2D eigenvalue weighted by Gasteiger charge is -2.19. The maximum atomic E-state index is 12.6. The predicted octanol–water partition coefficient (Wildman–Crippen LogP) is 6.06. The molecule has 148 valence electrons. The van der Waals surface area contributed by atoms with Crippen LogP contribution in [0.2, 0.25) is 5.02 Å². The van der Waals surface area contributed by atoms with Gasteiger partial charge in [-0.2, -0.15) is 4.98 Å². The summed E-state index contributed by atoms with van der Waals surface area (Å²) in [7, 11) is 0. The van der Waals surface area contributed by atoms with Gasteiger partial charge in [-0.25, -0.2) is 4.98 Å². The normalized spacial score (nSPS) is 13.2. The van der Waals surface area contributed by atoms with Crippen molar-refractivity contribution in [2.45, 2.75) is 40.0 Å². The number of carbonyl (C=O) groups excluding carboxylic acids is 1. The largest absolute Gasteiger partial charge is 0.339 e. The topological polar surface area (TPSA) is 66.9 Å². The molecule has 1 aliphatic rings. The second-order valence-corrected chi connectivity index (χ2v) is 7.91. The molecule has 2 N–H and O–H groups in total. The van der Waals surface area contributed by atoms with Crippen LogP contribution in [-0.4, -0.2) is 15.8 Å². The zero-order valence-electron chi connectivity index (χ0n) is 16.8. The van der Waals surface area contributed by atoms with Crippen LogP contribution in [0.1, 0.15) is 45.6 Å². The molecule has 0 bridgehead atoms. The zero-order chi connectivity index (χ0) is 20.5. The van der Waals surface area contributed by atoms with E-state index in [4.69, 9.17) is 11.6 Å². The number of carbonyl (C=O) groups is 1. The van der Waals surface area contributed by atoms with Gasteiger partial charge in [0.25, 0.3) is 0 Å². The molecule has 2 aromatic carbocycles. The maximum absolute atomic E-state index is 12.6. The Labute approximate surface area is 175 Å². The molecular formula is C23H23ClN4O. The van der Waals surface area contributed by atoms with Crippen LogP contribution in [-0.2, 0) is 6.42 Å². The Hall–Kier alpha value is -2.92. The molecule has 1 aromatic heterocycles. The van der Waals surface area contributed by atoms with E-state index in [-0.39, 0.29) is 5.78 Å². The van der Waals surface area contributed by atoms with Crippen molar-refractivity contribution in [3.8, 4) is 0 Å². The summed E-state index contributed by atoms with van der Waals surface area (Å²) in [6.07, 6.45) is 2.08. The van der Waals surface area contributed by atoms with E-state index in [2.05, 4.69) is 46.6 Å². The number of rotatable bonds is 4. The molecule has 4 rings (SSSR count). The lowest BCUT2D eigenvalue weighted by Crippen LogP contribution is -2.17. The first kappa shape index (κ1) is 19.4. The number of ketones is 1. The van der Waals surface area contributed by atoms with Gasteiger partial charge in [0.1, 0.15) is 5.82 Å². The Bertz CT molecular complexity index is 1110. The molecule has 0 atom stereocenters. The lowest BCUT2D eigenvalue weighted by molar-refractivity contribution is 0.0972. The number of aryl methyl sites for hydroxylation is 4. The number of hydrogen-bond donors (Lipinski definition) is 2. The van der Waals surface area contributed by atoms with Gasteiger partial charge in [-0.15, -0.1) is 0 Å². The Kier molecular flexibility index (Phi) is 5.24. The van der Waals surface area contributed by atoms with Crippen molar-refractivity contribution < 1.29 is 4.79 Å². The van der Waals surface area contributed by atoms with Crippen LogP contribution in [0.3, 0.4) is 0 Å².